The number of aryl methyl sites for hydroxylation is 2. The van der Waals surface area contributed by atoms with Crippen LogP contribution in [0.2, 0.25) is 0 Å². The van der Waals surface area contributed by atoms with E-state index in [2.05, 4.69) is 15.4 Å². The first-order valence-corrected chi connectivity index (χ1v) is 7.04. The van der Waals surface area contributed by atoms with Crippen LogP contribution in [0, 0.1) is 6.92 Å². The number of carbonyl (C=O) groups excluding carboxylic acids is 1. The van der Waals surface area contributed by atoms with E-state index in [4.69, 9.17) is 0 Å². The summed E-state index contributed by atoms with van der Waals surface area (Å²) in [7, 11) is 1.74. The Morgan fingerprint density at radius 3 is 2.67 bits per heavy atom. The van der Waals surface area contributed by atoms with E-state index >= 15 is 0 Å². The van der Waals surface area contributed by atoms with Crippen LogP contribution in [0.15, 0.2) is 36.5 Å². The predicted octanol–water partition coefficient (Wildman–Crippen LogP) is 3.55. The maximum Gasteiger partial charge on any atom is 0.417 e. The van der Waals surface area contributed by atoms with E-state index < -0.39 is 23.2 Å². The van der Waals surface area contributed by atoms with Crippen molar-refractivity contribution in [2.75, 3.05) is 5.32 Å². The molecular weight excluding hydrogens is 321 g/mol. The molecule has 3 rings (SSSR count). The van der Waals surface area contributed by atoms with Crippen molar-refractivity contribution in [1.29, 1.82) is 0 Å². The third-order valence-electron chi connectivity index (χ3n) is 3.60. The first-order valence-electron chi connectivity index (χ1n) is 7.04. The van der Waals surface area contributed by atoms with Crippen molar-refractivity contribution in [3.63, 3.8) is 0 Å². The van der Waals surface area contributed by atoms with Crippen LogP contribution in [0.3, 0.4) is 0 Å². The van der Waals surface area contributed by atoms with Gasteiger partial charge in [-0.15, -0.1) is 0 Å². The molecule has 1 aromatic carbocycles. The number of hydrogen-bond acceptors (Lipinski definition) is 3. The molecule has 0 spiro atoms. The van der Waals surface area contributed by atoms with Crippen LogP contribution in [0.4, 0.5) is 18.9 Å². The number of carbonyl (C=O) groups is 1. The third kappa shape index (κ3) is 2.82. The maximum absolute atomic E-state index is 13.0. The number of anilines is 1. The van der Waals surface area contributed by atoms with Gasteiger partial charge in [0.15, 0.2) is 5.65 Å². The van der Waals surface area contributed by atoms with Gasteiger partial charge in [0.1, 0.15) is 0 Å². The molecule has 24 heavy (non-hydrogen) atoms. The fourth-order valence-electron chi connectivity index (χ4n) is 2.50. The number of alkyl halides is 3. The molecular formula is C16H13F3N4O. The van der Waals surface area contributed by atoms with Gasteiger partial charge in [0.25, 0.3) is 5.91 Å². The number of pyridine rings is 1. The molecule has 5 nitrogen and oxygen atoms in total. The van der Waals surface area contributed by atoms with Crippen LogP contribution >= 0.6 is 0 Å². The van der Waals surface area contributed by atoms with Crippen molar-refractivity contribution in [3.05, 3.63) is 53.3 Å². The highest BCUT2D eigenvalue weighted by atomic mass is 19.4. The molecule has 2 aromatic heterocycles. The van der Waals surface area contributed by atoms with Gasteiger partial charge in [0, 0.05) is 12.4 Å². The molecule has 1 N–H and O–H groups in total. The monoisotopic (exact) mass is 334 g/mol. The largest absolute Gasteiger partial charge is 0.417 e. The minimum absolute atomic E-state index is 0.306. The van der Waals surface area contributed by atoms with Gasteiger partial charge in [-0.3, -0.25) is 9.48 Å². The Hall–Kier alpha value is -2.90. The molecule has 0 radical (unpaired) electrons. The molecule has 0 aliphatic rings. The molecule has 0 unspecified atom stereocenters. The highest BCUT2D eigenvalue weighted by molar-refractivity contribution is 6.06. The summed E-state index contributed by atoms with van der Waals surface area (Å²) in [6, 6.07) is 6.28. The lowest BCUT2D eigenvalue weighted by Gasteiger charge is -2.12. The molecule has 8 heteroatoms. The topological polar surface area (TPSA) is 59.8 Å². The van der Waals surface area contributed by atoms with Crippen molar-refractivity contribution in [2.45, 2.75) is 13.1 Å². The van der Waals surface area contributed by atoms with Gasteiger partial charge < -0.3 is 5.32 Å². The fourth-order valence-corrected chi connectivity index (χ4v) is 2.50. The molecule has 0 atom stereocenters. The van der Waals surface area contributed by atoms with Crippen molar-refractivity contribution >= 4 is 22.6 Å². The molecule has 0 aliphatic heterocycles. The molecule has 0 saturated heterocycles. The van der Waals surface area contributed by atoms with Gasteiger partial charge in [0.2, 0.25) is 0 Å². The Balaban J connectivity index is 1.95. The molecule has 0 saturated carbocycles. The number of amides is 1. The van der Waals surface area contributed by atoms with E-state index in [1.807, 2.05) is 0 Å². The molecule has 0 aliphatic carbocycles. The average molecular weight is 334 g/mol. The second kappa shape index (κ2) is 5.63. The number of halogens is 3. The minimum Gasteiger partial charge on any atom is -0.321 e. The number of hydrogen-bond donors (Lipinski definition) is 1. The van der Waals surface area contributed by atoms with Crippen LogP contribution < -0.4 is 5.32 Å². The zero-order valence-electron chi connectivity index (χ0n) is 12.8. The molecule has 3 aromatic rings. The first kappa shape index (κ1) is 16.0. The Morgan fingerprint density at radius 2 is 1.96 bits per heavy atom. The van der Waals surface area contributed by atoms with Crippen molar-refractivity contribution in [2.24, 2.45) is 7.05 Å². The summed E-state index contributed by atoms with van der Waals surface area (Å²) in [4.78, 5) is 16.4. The smallest absolute Gasteiger partial charge is 0.321 e. The van der Waals surface area contributed by atoms with Crippen molar-refractivity contribution < 1.29 is 18.0 Å². The molecule has 2 heterocycles. The van der Waals surface area contributed by atoms with E-state index in [1.165, 1.54) is 18.3 Å². The van der Waals surface area contributed by atoms with E-state index in [0.717, 1.165) is 17.5 Å². The van der Waals surface area contributed by atoms with Crippen LogP contribution in [-0.4, -0.2) is 20.7 Å². The third-order valence-corrected chi connectivity index (χ3v) is 3.60. The fraction of sp³-hybridized carbons (Fsp3) is 0.188. The van der Waals surface area contributed by atoms with E-state index in [0.29, 0.717) is 17.0 Å². The number of fused-ring (bicyclic) bond motifs is 1. The lowest BCUT2D eigenvalue weighted by atomic mass is 10.1. The molecule has 0 bridgehead atoms. The van der Waals surface area contributed by atoms with Crippen LogP contribution in [0.5, 0.6) is 0 Å². The average Bonchev–Trinajstić information content (AvgIpc) is 2.81. The van der Waals surface area contributed by atoms with Gasteiger partial charge in [-0.25, -0.2) is 4.98 Å². The Labute approximate surface area is 135 Å². The predicted molar refractivity (Wildman–Crippen MR) is 82.6 cm³/mol. The highest BCUT2D eigenvalue weighted by Gasteiger charge is 2.34. The lowest BCUT2D eigenvalue weighted by molar-refractivity contribution is -0.137. The zero-order valence-corrected chi connectivity index (χ0v) is 12.8. The van der Waals surface area contributed by atoms with E-state index in [-0.39, 0.29) is 0 Å². The first-order chi connectivity index (χ1) is 11.3. The number of aromatic nitrogens is 3. The lowest BCUT2D eigenvalue weighted by Crippen LogP contribution is -2.18. The molecule has 0 fully saturated rings. The second-order valence-electron chi connectivity index (χ2n) is 5.30. The number of rotatable bonds is 2. The highest BCUT2D eigenvalue weighted by Crippen LogP contribution is 2.32. The van der Waals surface area contributed by atoms with Crippen LogP contribution in [0.1, 0.15) is 21.6 Å². The van der Waals surface area contributed by atoms with Gasteiger partial charge in [-0.2, -0.15) is 18.3 Å². The summed E-state index contributed by atoms with van der Waals surface area (Å²) in [5.74, 6) is -0.842. The van der Waals surface area contributed by atoms with Gasteiger partial charge in [-0.05, 0) is 25.1 Å². The quantitative estimate of drug-likeness (QED) is 0.780. The second-order valence-corrected chi connectivity index (χ2v) is 5.30. The zero-order chi connectivity index (χ0) is 17.5. The van der Waals surface area contributed by atoms with E-state index in [9.17, 15) is 18.0 Å². The van der Waals surface area contributed by atoms with Gasteiger partial charge in [-0.1, -0.05) is 12.1 Å². The van der Waals surface area contributed by atoms with Gasteiger partial charge in [0.05, 0.1) is 28.7 Å². The minimum atomic E-state index is -4.60. The maximum atomic E-state index is 13.0. The van der Waals surface area contributed by atoms with Gasteiger partial charge >= 0.3 is 6.18 Å². The number of nitrogens with one attached hydrogen (secondary N) is 1. The normalized spacial score (nSPS) is 11.7. The summed E-state index contributed by atoms with van der Waals surface area (Å²) >= 11 is 0. The summed E-state index contributed by atoms with van der Waals surface area (Å²) in [5, 5.41) is 7.39. The summed E-state index contributed by atoms with van der Waals surface area (Å²) < 4.78 is 40.6. The Morgan fingerprint density at radius 1 is 1.25 bits per heavy atom. The van der Waals surface area contributed by atoms with Crippen molar-refractivity contribution in [1.82, 2.24) is 14.8 Å². The molecule has 124 valence electrons. The molecule has 1 amide bonds. The van der Waals surface area contributed by atoms with E-state index in [1.54, 1.807) is 24.7 Å². The Kier molecular flexibility index (Phi) is 3.75. The van der Waals surface area contributed by atoms with Crippen LogP contribution in [0.25, 0.3) is 11.0 Å². The SMILES string of the molecule is Cc1nn(C)c2ncc(NC(=O)c3ccccc3C(F)(F)F)cc12. The van der Waals surface area contributed by atoms with Crippen molar-refractivity contribution in [3.8, 4) is 0 Å². The Bertz CT molecular complexity index is 931. The number of nitrogens with zero attached hydrogens (tertiary/aromatic N) is 3. The summed E-state index contributed by atoms with van der Waals surface area (Å²) in [6.45, 7) is 1.79. The summed E-state index contributed by atoms with van der Waals surface area (Å²) in [6.07, 6.45) is -3.21. The number of benzene rings is 1. The summed E-state index contributed by atoms with van der Waals surface area (Å²) in [5.41, 5.74) is 0.232. The van der Waals surface area contributed by atoms with Crippen LogP contribution in [-0.2, 0) is 13.2 Å². The standard InChI is InChI=1S/C16H13F3N4O/c1-9-12-7-10(8-20-14(12)23(2)22-9)21-15(24)11-5-3-4-6-13(11)16(17,18)19/h3-8H,1-2H3,(H,21,24).